The fourth-order valence-electron chi connectivity index (χ4n) is 2.40. The van der Waals surface area contributed by atoms with Crippen LogP contribution in [0, 0.1) is 10.1 Å². The molecule has 108 valence electrons. The Kier molecular flexibility index (Phi) is 3.82. The Morgan fingerprint density at radius 3 is 2.75 bits per heavy atom. The van der Waals surface area contributed by atoms with Crippen molar-refractivity contribution in [1.82, 2.24) is 0 Å². The monoisotopic (exact) mass is 286 g/mol. The molecule has 0 bridgehead atoms. The van der Waals surface area contributed by atoms with Crippen LogP contribution in [0.5, 0.6) is 0 Å². The number of carboxylic acid groups (broad SMARTS) is 1. The van der Waals surface area contributed by atoms with Crippen LogP contribution in [0.15, 0.2) is 18.2 Å². The summed E-state index contributed by atoms with van der Waals surface area (Å²) in [5, 5.41) is 19.7. The van der Waals surface area contributed by atoms with Crippen LogP contribution in [0.2, 0.25) is 0 Å². The Labute approximate surface area is 112 Å². The van der Waals surface area contributed by atoms with Gasteiger partial charge in [-0.15, -0.1) is 0 Å². The second-order valence-corrected chi connectivity index (χ2v) is 4.49. The highest BCUT2D eigenvalue weighted by Crippen LogP contribution is 2.36. The number of carbonyl (C=O) groups is 1. The number of benzene rings is 1. The molecular formula is C12H12F2N2O4. The van der Waals surface area contributed by atoms with Crippen molar-refractivity contribution in [2.45, 2.75) is 25.3 Å². The van der Waals surface area contributed by atoms with Crippen molar-refractivity contribution in [3.63, 3.8) is 0 Å². The van der Waals surface area contributed by atoms with E-state index < -0.39 is 34.6 Å². The van der Waals surface area contributed by atoms with E-state index in [2.05, 4.69) is 0 Å². The Morgan fingerprint density at radius 1 is 1.50 bits per heavy atom. The van der Waals surface area contributed by atoms with Gasteiger partial charge in [0.1, 0.15) is 6.04 Å². The van der Waals surface area contributed by atoms with Gasteiger partial charge >= 0.3 is 5.97 Å². The summed E-state index contributed by atoms with van der Waals surface area (Å²) in [5.74, 6) is -1.08. The molecule has 0 amide bonds. The number of alkyl halides is 2. The summed E-state index contributed by atoms with van der Waals surface area (Å²) in [7, 11) is 0. The Bertz CT molecular complexity index is 550. The third-order valence-corrected chi connectivity index (χ3v) is 3.30. The van der Waals surface area contributed by atoms with Crippen molar-refractivity contribution < 1.29 is 23.6 Å². The number of carboxylic acids is 1. The fraction of sp³-hybridized carbons (Fsp3) is 0.417. The number of hydrogen-bond donors (Lipinski definition) is 1. The van der Waals surface area contributed by atoms with E-state index in [0.717, 1.165) is 12.1 Å². The van der Waals surface area contributed by atoms with Crippen LogP contribution in [0.1, 0.15) is 24.8 Å². The highest BCUT2D eigenvalue weighted by Gasteiger charge is 2.33. The lowest BCUT2D eigenvalue weighted by molar-refractivity contribution is -0.385. The molecule has 20 heavy (non-hydrogen) atoms. The summed E-state index contributed by atoms with van der Waals surface area (Å²) in [6.45, 7) is 0.342. The van der Waals surface area contributed by atoms with E-state index in [-0.39, 0.29) is 5.69 Å². The first-order valence-electron chi connectivity index (χ1n) is 5.97. The van der Waals surface area contributed by atoms with Gasteiger partial charge in [0.25, 0.3) is 12.1 Å². The zero-order valence-electron chi connectivity index (χ0n) is 10.3. The van der Waals surface area contributed by atoms with E-state index in [1.807, 2.05) is 0 Å². The summed E-state index contributed by atoms with van der Waals surface area (Å²) in [6, 6.07) is 2.24. The number of nitro groups is 1. The van der Waals surface area contributed by atoms with Gasteiger partial charge in [-0.25, -0.2) is 13.6 Å². The van der Waals surface area contributed by atoms with Crippen LogP contribution in [0.4, 0.5) is 20.2 Å². The Balaban J connectivity index is 2.45. The molecule has 8 heteroatoms. The molecule has 1 aromatic rings. The summed E-state index contributed by atoms with van der Waals surface area (Å²) >= 11 is 0. The van der Waals surface area contributed by atoms with Crippen LogP contribution < -0.4 is 4.90 Å². The SMILES string of the molecule is O=C(O)C1CCCN1c1ccc([N+](=O)[O-])cc1C(F)F. The standard InChI is InChI=1S/C12H12F2N2O4/c13-11(14)8-6-7(16(19)20)3-4-9(8)15-5-1-2-10(15)12(17)18/h3-4,6,10-11H,1-2,5H2,(H,17,18). The van der Waals surface area contributed by atoms with E-state index in [1.54, 1.807) is 0 Å². The van der Waals surface area contributed by atoms with Gasteiger partial charge in [0.15, 0.2) is 0 Å². The lowest BCUT2D eigenvalue weighted by Crippen LogP contribution is -2.36. The molecule has 1 aliphatic heterocycles. The molecule has 0 spiro atoms. The maximum absolute atomic E-state index is 13.1. The molecule has 1 heterocycles. The number of anilines is 1. The first-order valence-corrected chi connectivity index (χ1v) is 5.97. The maximum Gasteiger partial charge on any atom is 0.326 e. The van der Waals surface area contributed by atoms with Gasteiger partial charge in [0.2, 0.25) is 0 Å². The van der Waals surface area contributed by atoms with Gasteiger partial charge in [0.05, 0.1) is 4.92 Å². The lowest BCUT2D eigenvalue weighted by atomic mass is 10.1. The van der Waals surface area contributed by atoms with Gasteiger partial charge in [-0.3, -0.25) is 10.1 Å². The lowest BCUT2D eigenvalue weighted by Gasteiger charge is -2.25. The summed E-state index contributed by atoms with van der Waals surface area (Å²) in [6.07, 6.45) is -1.95. The van der Waals surface area contributed by atoms with Gasteiger partial charge in [-0.1, -0.05) is 0 Å². The van der Waals surface area contributed by atoms with Crippen LogP contribution in [-0.2, 0) is 4.79 Å². The molecule has 1 fully saturated rings. The number of hydrogen-bond acceptors (Lipinski definition) is 4. The van der Waals surface area contributed by atoms with Crippen molar-refractivity contribution >= 4 is 17.3 Å². The molecule has 0 aliphatic carbocycles. The predicted molar refractivity (Wildman–Crippen MR) is 66.1 cm³/mol. The smallest absolute Gasteiger partial charge is 0.326 e. The van der Waals surface area contributed by atoms with E-state index >= 15 is 0 Å². The third kappa shape index (κ3) is 2.54. The zero-order chi connectivity index (χ0) is 14.9. The molecule has 1 aromatic carbocycles. The van der Waals surface area contributed by atoms with Gasteiger partial charge < -0.3 is 10.0 Å². The average Bonchev–Trinajstić information content (AvgIpc) is 2.86. The second-order valence-electron chi connectivity index (χ2n) is 4.49. The number of nitro benzene ring substituents is 1. The highest BCUT2D eigenvalue weighted by molar-refractivity contribution is 5.79. The zero-order valence-corrected chi connectivity index (χ0v) is 10.3. The Morgan fingerprint density at radius 2 is 2.20 bits per heavy atom. The third-order valence-electron chi connectivity index (χ3n) is 3.30. The first-order chi connectivity index (χ1) is 9.41. The fourth-order valence-corrected chi connectivity index (χ4v) is 2.40. The van der Waals surface area contributed by atoms with E-state index in [4.69, 9.17) is 5.11 Å². The van der Waals surface area contributed by atoms with Crippen LogP contribution >= 0.6 is 0 Å². The Hall–Kier alpha value is -2.25. The molecule has 1 N–H and O–H groups in total. The van der Waals surface area contributed by atoms with E-state index in [1.165, 1.54) is 11.0 Å². The predicted octanol–water partition coefficient (Wildman–Crippen LogP) is 2.59. The molecule has 6 nitrogen and oxygen atoms in total. The maximum atomic E-state index is 13.1. The van der Waals surface area contributed by atoms with Crippen LogP contribution in [-0.4, -0.2) is 28.6 Å². The second kappa shape index (κ2) is 5.40. The normalized spacial score (nSPS) is 18.6. The molecule has 0 saturated carbocycles. The van der Waals surface area contributed by atoms with Gasteiger partial charge in [-0.05, 0) is 18.9 Å². The summed E-state index contributed by atoms with van der Waals surface area (Å²) < 4.78 is 26.1. The molecule has 1 aliphatic rings. The average molecular weight is 286 g/mol. The summed E-state index contributed by atoms with van der Waals surface area (Å²) in [4.78, 5) is 22.4. The van der Waals surface area contributed by atoms with Crippen molar-refractivity contribution in [2.75, 3.05) is 11.4 Å². The molecule has 1 saturated heterocycles. The van der Waals surface area contributed by atoms with E-state index in [9.17, 15) is 23.7 Å². The number of halogens is 2. The van der Waals surface area contributed by atoms with Crippen LogP contribution in [0.25, 0.3) is 0 Å². The molecule has 2 rings (SSSR count). The van der Waals surface area contributed by atoms with Gasteiger partial charge in [0, 0.05) is 29.9 Å². The van der Waals surface area contributed by atoms with Crippen molar-refractivity contribution in [1.29, 1.82) is 0 Å². The largest absolute Gasteiger partial charge is 0.480 e. The van der Waals surface area contributed by atoms with Gasteiger partial charge in [-0.2, -0.15) is 0 Å². The minimum atomic E-state index is -2.90. The van der Waals surface area contributed by atoms with E-state index in [0.29, 0.717) is 19.4 Å². The number of rotatable bonds is 4. The first kappa shape index (κ1) is 14.2. The van der Waals surface area contributed by atoms with Crippen molar-refractivity contribution in [3.8, 4) is 0 Å². The minimum Gasteiger partial charge on any atom is -0.480 e. The van der Waals surface area contributed by atoms with Crippen molar-refractivity contribution in [3.05, 3.63) is 33.9 Å². The number of aliphatic carboxylic acids is 1. The number of non-ortho nitro benzene ring substituents is 1. The molecule has 1 atom stereocenters. The van der Waals surface area contributed by atoms with Crippen LogP contribution in [0.3, 0.4) is 0 Å². The quantitative estimate of drug-likeness (QED) is 0.679. The molecule has 0 radical (unpaired) electrons. The number of nitrogens with zero attached hydrogens (tertiary/aromatic N) is 2. The van der Waals surface area contributed by atoms with Crippen molar-refractivity contribution in [2.24, 2.45) is 0 Å². The highest BCUT2D eigenvalue weighted by atomic mass is 19.3. The topological polar surface area (TPSA) is 83.7 Å². The molecule has 0 aromatic heterocycles. The molecular weight excluding hydrogens is 274 g/mol. The summed E-state index contributed by atoms with van der Waals surface area (Å²) in [5.41, 5.74) is -0.891. The molecule has 1 unspecified atom stereocenters. The minimum absolute atomic E-state index is 0.0514.